The maximum atomic E-state index is 14.4. The molecular weight excluding hydrogens is 738 g/mol. The van der Waals surface area contributed by atoms with E-state index in [-0.39, 0.29) is 53.9 Å². The van der Waals surface area contributed by atoms with Gasteiger partial charge in [0.2, 0.25) is 5.95 Å². The van der Waals surface area contributed by atoms with E-state index in [1.54, 1.807) is 6.92 Å². The third-order valence-electron chi connectivity index (χ3n) is 8.29. The SMILES string of the molecule is CCCOP1(=O)OC[C@H]2O[C@@H](n3cnc4c(=O)[nH]c(N)nc43)[C@@H](OP(=O)(OCCOC)OC[C@H]3O[C@@H](n4cnc5c(N)ncnc54)C(O)[C@H]3O1)C2O. The first kappa shape index (κ1) is 36.9. The number of nitrogen functional groups attached to an aromatic ring is 2. The fourth-order valence-electron chi connectivity index (χ4n) is 5.85. The van der Waals surface area contributed by atoms with Gasteiger partial charge in [-0.25, -0.2) is 29.1 Å². The summed E-state index contributed by atoms with van der Waals surface area (Å²) in [7, 11) is -7.96. The molecule has 7 rings (SSSR count). The van der Waals surface area contributed by atoms with Crippen molar-refractivity contribution in [2.24, 2.45) is 0 Å². The molecule has 4 aromatic rings. The number of nitrogens with zero attached hydrogens (tertiary/aromatic N) is 7. The van der Waals surface area contributed by atoms with Crippen LogP contribution in [0.2, 0.25) is 0 Å². The molecule has 7 N–H and O–H groups in total. The number of hydrogen-bond acceptors (Lipinski definition) is 21. The molecule has 24 nitrogen and oxygen atoms in total. The Morgan fingerprint density at radius 3 is 2.25 bits per heavy atom. The summed E-state index contributed by atoms with van der Waals surface area (Å²) in [6, 6.07) is 0. The second-order valence-corrected chi connectivity index (χ2v) is 15.0. The number of rotatable bonds is 9. The zero-order chi connectivity index (χ0) is 36.8. The van der Waals surface area contributed by atoms with Crippen molar-refractivity contribution in [1.82, 2.24) is 39.0 Å². The van der Waals surface area contributed by atoms with Gasteiger partial charge in [0.05, 0.1) is 45.7 Å². The van der Waals surface area contributed by atoms with Crippen molar-refractivity contribution in [2.45, 2.75) is 62.4 Å². The summed E-state index contributed by atoms with van der Waals surface area (Å²) in [5.41, 5.74) is 11.3. The lowest BCUT2D eigenvalue weighted by Crippen LogP contribution is -2.36. The van der Waals surface area contributed by atoms with Crippen molar-refractivity contribution >= 4 is 49.7 Å². The number of anilines is 2. The number of H-pyrrole nitrogens is 1. The van der Waals surface area contributed by atoms with Gasteiger partial charge in [0.25, 0.3) is 5.56 Å². The first-order valence-corrected chi connectivity index (χ1v) is 18.8. The highest BCUT2D eigenvalue weighted by molar-refractivity contribution is 7.48. The van der Waals surface area contributed by atoms with Gasteiger partial charge < -0.3 is 35.9 Å². The minimum absolute atomic E-state index is 0.0401. The molecular formula is C26H36N10O14P2. The van der Waals surface area contributed by atoms with E-state index in [1.807, 2.05) is 0 Å². The number of nitrogens with one attached hydrogen (secondary N) is 1. The maximum Gasteiger partial charge on any atom is 0.475 e. The van der Waals surface area contributed by atoms with Crippen molar-refractivity contribution < 1.29 is 60.7 Å². The molecule has 0 aliphatic carbocycles. The maximum absolute atomic E-state index is 14.4. The number of ether oxygens (including phenoxy) is 3. The Hall–Kier alpha value is -3.48. The van der Waals surface area contributed by atoms with Crippen LogP contribution in [0.25, 0.3) is 22.3 Å². The highest BCUT2D eigenvalue weighted by Crippen LogP contribution is 2.57. The van der Waals surface area contributed by atoms with Crippen LogP contribution in [0.5, 0.6) is 0 Å². The third kappa shape index (κ3) is 6.98. The zero-order valence-corrected chi connectivity index (χ0v) is 29.4. The molecule has 7 heterocycles. The quantitative estimate of drug-likeness (QED) is 0.108. The molecule has 3 aliphatic heterocycles. The normalized spacial score (nSPS) is 34.2. The van der Waals surface area contributed by atoms with Gasteiger partial charge in [-0.15, -0.1) is 0 Å². The van der Waals surface area contributed by atoms with Gasteiger partial charge in [-0.05, 0) is 6.42 Å². The number of aliphatic hydroxyl groups excluding tert-OH is 2. The molecule has 0 aromatic carbocycles. The molecule has 3 aliphatic rings. The monoisotopic (exact) mass is 774 g/mol. The van der Waals surface area contributed by atoms with Crippen LogP contribution in [0.15, 0.2) is 23.8 Å². The number of phosphoric acid groups is 2. The Bertz CT molecular complexity index is 2060. The number of phosphoric ester groups is 2. The Morgan fingerprint density at radius 2 is 1.52 bits per heavy atom. The summed E-state index contributed by atoms with van der Waals surface area (Å²) in [6.45, 7) is 0.0120. The Labute approximate surface area is 292 Å². The molecule has 4 aromatic heterocycles. The number of fused-ring (bicyclic) bond motifs is 5. The van der Waals surface area contributed by atoms with E-state index >= 15 is 0 Å². The van der Waals surface area contributed by atoms with E-state index in [1.165, 1.54) is 35.2 Å². The molecule has 3 fully saturated rings. The summed E-state index contributed by atoms with van der Waals surface area (Å²) in [6.07, 6.45) is -7.69. The molecule has 52 heavy (non-hydrogen) atoms. The molecule has 0 radical (unpaired) electrons. The van der Waals surface area contributed by atoms with Gasteiger partial charge in [-0.1, -0.05) is 6.92 Å². The fourth-order valence-corrected chi connectivity index (χ4v) is 8.69. The van der Waals surface area contributed by atoms with Gasteiger partial charge in [-0.2, -0.15) is 4.98 Å². The van der Waals surface area contributed by atoms with Crippen LogP contribution in [0, 0.1) is 0 Å². The van der Waals surface area contributed by atoms with Crippen molar-refractivity contribution in [3.63, 3.8) is 0 Å². The second kappa shape index (κ2) is 14.7. The molecule has 0 spiro atoms. The molecule has 2 bridgehead atoms. The van der Waals surface area contributed by atoms with Crippen LogP contribution in [0.1, 0.15) is 25.8 Å². The van der Waals surface area contributed by atoms with Crippen molar-refractivity contribution in [3.8, 4) is 0 Å². The van der Waals surface area contributed by atoms with E-state index in [0.29, 0.717) is 6.42 Å². The van der Waals surface area contributed by atoms with E-state index in [0.717, 1.165) is 0 Å². The lowest BCUT2D eigenvalue weighted by molar-refractivity contribution is -0.0714. The Kier molecular flexibility index (Phi) is 10.5. The fraction of sp³-hybridized carbons (Fsp3) is 0.615. The number of nitrogens with two attached hydrogens (primary N) is 2. The number of aromatic nitrogens is 8. The van der Waals surface area contributed by atoms with Gasteiger partial charge >= 0.3 is 15.6 Å². The second-order valence-electron chi connectivity index (χ2n) is 11.8. The third-order valence-corrected chi connectivity index (χ3v) is 11.2. The average Bonchev–Trinajstić information content (AvgIpc) is 3.87. The van der Waals surface area contributed by atoms with Gasteiger partial charge in [0.15, 0.2) is 35.1 Å². The standard InChI is InChI=1S/C26H36N10O14P2/c1-3-4-43-51(40)45-7-12-16(37)19(25(47-12)36-11-32-15-22(36)33-26(28)34-23(15)39)50-52(41,44-6-5-42-2)46-8-13-18(49-51)17(38)24(48-13)35-10-31-14-20(27)29-9-30-21(14)35/h9-13,16-19,24-25,37-38H,3-8H2,1-2H3,(H2,27,29,30)(H3,28,33,34,39)/t12-,13-,16?,17?,18+,19+,24-,25-,51?,52?/m1/s1. The van der Waals surface area contributed by atoms with E-state index < -0.39 is 83.5 Å². The van der Waals surface area contributed by atoms with Crippen LogP contribution in [0.4, 0.5) is 11.8 Å². The molecule has 10 atom stereocenters. The van der Waals surface area contributed by atoms with Crippen LogP contribution in [-0.2, 0) is 50.5 Å². The predicted molar refractivity (Wildman–Crippen MR) is 173 cm³/mol. The molecule has 0 amide bonds. The van der Waals surface area contributed by atoms with E-state index in [4.69, 9.17) is 52.8 Å². The topological polar surface area (TPSA) is 317 Å². The number of aliphatic hydroxyl groups is 2. The minimum Gasteiger partial charge on any atom is -0.387 e. The Balaban J connectivity index is 1.27. The highest BCUT2D eigenvalue weighted by Gasteiger charge is 2.55. The molecule has 26 heteroatoms. The van der Waals surface area contributed by atoms with Crippen LogP contribution in [0.3, 0.4) is 0 Å². The van der Waals surface area contributed by atoms with Crippen molar-refractivity contribution in [1.29, 1.82) is 0 Å². The number of methoxy groups -OCH3 is 1. The highest BCUT2D eigenvalue weighted by atomic mass is 31.2. The van der Waals surface area contributed by atoms with Crippen LogP contribution < -0.4 is 17.0 Å². The summed E-state index contributed by atoms with van der Waals surface area (Å²) in [5, 5.41) is 23.1. The number of imidazole rings is 2. The van der Waals surface area contributed by atoms with E-state index in [2.05, 4.69) is 29.9 Å². The van der Waals surface area contributed by atoms with Crippen LogP contribution in [-0.4, -0.2) is 126 Å². The smallest absolute Gasteiger partial charge is 0.387 e. The summed E-state index contributed by atoms with van der Waals surface area (Å²) in [4.78, 5) is 35.4. The largest absolute Gasteiger partial charge is 0.475 e. The first-order valence-electron chi connectivity index (χ1n) is 15.9. The number of aromatic amines is 1. The molecule has 284 valence electrons. The lowest BCUT2D eigenvalue weighted by Gasteiger charge is -2.28. The molecule has 3 saturated heterocycles. The number of hydrogen-bond donors (Lipinski definition) is 5. The first-order chi connectivity index (χ1) is 24.9. The average molecular weight is 775 g/mol. The summed E-state index contributed by atoms with van der Waals surface area (Å²) >= 11 is 0. The van der Waals surface area contributed by atoms with Gasteiger partial charge in [-0.3, -0.25) is 46.1 Å². The summed E-state index contributed by atoms with van der Waals surface area (Å²) in [5.74, 6) is -0.172. The lowest BCUT2D eigenvalue weighted by atomic mass is 10.1. The van der Waals surface area contributed by atoms with Gasteiger partial charge in [0.1, 0.15) is 48.5 Å². The predicted octanol–water partition coefficient (Wildman–Crippen LogP) is -0.236. The molecule has 0 saturated carbocycles. The zero-order valence-electron chi connectivity index (χ0n) is 27.6. The molecule has 4 unspecified atom stereocenters. The van der Waals surface area contributed by atoms with Crippen molar-refractivity contribution in [2.75, 3.05) is 51.6 Å². The van der Waals surface area contributed by atoms with Crippen molar-refractivity contribution in [3.05, 3.63) is 29.3 Å². The Morgan fingerprint density at radius 1 is 0.865 bits per heavy atom. The van der Waals surface area contributed by atoms with Crippen LogP contribution >= 0.6 is 15.6 Å². The summed E-state index contributed by atoms with van der Waals surface area (Å²) < 4.78 is 82.9. The van der Waals surface area contributed by atoms with Gasteiger partial charge in [0, 0.05) is 7.11 Å². The van der Waals surface area contributed by atoms with E-state index in [9.17, 15) is 24.1 Å². The minimum atomic E-state index is -4.74.